The minimum absolute atomic E-state index is 0.204. The van der Waals surface area contributed by atoms with E-state index in [4.69, 9.17) is 16.6 Å². The van der Waals surface area contributed by atoms with E-state index in [0.29, 0.717) is 45.6 Å². The van der Waals surface area contributed by atoms with Crippen LogP contribution in [0.1, 0.15) is 105 Å². The van der Waals surface area contributed by atoms with E-state index in [1.807, 2.05) is 25.2 Å². The number of anilines is 1. The van der Waals surface area contributed by atoms with Crippen LogP contribution in [-0.2, 0) is 22.1 Å². The second kappa shape index (κ2) is 14.7. The number of halogens is 2. The number of hydrogen-bond donors (Lipinski definition) is 1. The molecule has 62 heavy (non-hydrogen) atoms. The second-order valence-corrected chi connectivity index (χ2v) is 20.1. The Morgan fingerprint density at radius 1 is 0.871 bits per heavy atom. The molecule has 4 saturated heterocycles. The number of rotatable bonds is 6. The number of aryl methyl sites for hydroxylation is 1. The van der Waals surface area contributed by atoms with Crippen molar-refractivity contribution in [3.63, 3.8) is 0 Å². The maximum Gasteiger partial charge on any atom is 0.282 e. The number of benzene rings is 3. The van der Waals surface area contributed by atoms with Gasteiger partial charge >= 0.3 is 0 Å². The molecular formula is C49H54ClFN8O3. The normalized spacial score (nSPS) is 26.7. The molecule has 0 bridgehead atoms. The third-order valence-corrected chi connectivity index (χ3v) is 16.9. The Bertz CT molecular complexity index is 2720. The average Bonchev–Trinajstić information content (AvgIpc) is 3.51. The van der Waals surface area contributed by atoms with Crippen LogP contribution in [0.4, 0.5) is 10.1 Å². The molecule has 7 heterocycles. The van der Waals surface area contributed by atoms with Crippen LogP contribution < -0.4 is 15.8 Å². The van der Waals surface area contributed by atoms with Gasteiger partial charge in [-0.3, -0.25) is 33.8 Å². The van der Waals surface area contributed by atoms with Gasteiger partial charge in [0.15, 0.2) is 0 Å². The van der Waals surface area contributed by atoms with Crippen molar-refractivity contribution in [2.24, 2.45) is 24.8 Å². The standard InChI is InChI=1S/C49H54ClFN8O3/c1-55-40-24-42(38(51)23-32(40)45(54-55)31-9-11-43(60)52-46(31)61)57-20-14-30(15-21-57)58-26-34-33(35(34)27-58)25-56-18-12-28(13-19-56)29-8-10-36-41(22-29)59-39-7-5-6-37(50)44(39)47(62)53-48(59)49(36)16-3-2-4-17-49/h5-8,10,22-24,28,30-31,33-35H,2-4,9,11-21,25-27H2,1H3,(H,52,60,61)/t31?,33?,34-,35+. The van der Waals surface area contributed by atoms with Crippen molar-refractivity contribution in [3.05, 3.63) is 92.4 Å². The zero-order valence-corrected chi connectivity index (χ0v) is 36.2. The average molecular weight is 857 g/mol. The Labute approximate surface area is 365 Å². The number of hydrogen-bond acceptors (Lipinski definition) is 8. The third-order valence-electron chi connectivity index (χ3n) is 16.5. The summed E-state index contributed by atoms with van der Waals surface area (Å²) in [6.07, 6.45) is 10.6. The molecule has 11 nitrogen and oxygen atoms in total. The molecule has 5 aliphatic heterocycles. The number of nitrogens with one attached hydrogen (secondary N) is 1. The van der Waals surface area contributed by atoms with Crippen molar-refractivity contribution < 1.29 is 14.0 Å². The van der Waals surface area contributed by atoms with Gasteiger partial charge in [0, 0.05) is 57.6 Å². The Hall–Kier alpha value is -4.65. The van der Waals surface area contributed by atoms with Crippen LogP contribution in [0.25, 0.3) is 27.5 Å². The van der Waals surface area contributed by atoms with E-state index in [1.165, 1.54) is 42.9 Å². The van der Waals surface area contributed by atoms with Gasteiger partial charge in [-0.2, -0.15) is 10.1 Å². The largest absolute Gasteiger partial charge is 0.369 e. The lowest BCUT2D eigenvalue weighted by molar-refractivity contribution is -0.134. The van der Waals surface area contributed by atoms with Gasteiger partial charge in [-0.1, -0.05) is 49.1 Å². The Morgan fingerprint density at radius 2 is 1.65 bits per heavy atom. The molecule has 13 heteroatoms. The number of aromatic nitrogens is 4. The van der Waals surface area contributed by atoms with Crippen molar-refractivity contribution in [1.82, 2.24) is 34.4 Å². The summed E-state index contributed by atoms with van der Waals surface area (Å²) in [5, 5.41) is 8.68. The predicted molar refractivity (Wildman–Crippen MR) is 238 cm³/mol. The van der Waals surface area contributed by atoms with Gasteiger partial charge in [0.05, 0.1) is 49.8 Å². The third kappa shape index (κ3) is 6.13. The molecule has 7 aliphatic rings. The molecule has 2 unspecified atom stereocenters. The van der Waals surface area contributed by atoms with Crippen molar-refractivity contribution in [2.45, 2.75) is 93.9 Å². The lowest BCUT2D eigenvalue weighted by atomic mass is 9.69. The van der Waals surface area contributed by atoms with E-state index in [9.17, 15) is 14.4 Å². The molecular weight excluding hydrogens is 803 g/mol. The summed E-state index contributed by atoms with van der Waals surface area (Å²) in [6.45, 7) is 7.48. The minimum Gasteiger partial charge on any atom is -0.369 e. The van der Waals surface area contributed by atoms with Crippen LogP contribution in [0.5, 0.6) is 0 Å². The van der Waals surface area contributed by atoms with Gasteiger partial charge in [0.25, 0.3) is 5.56 Å². The summed E-state index contributed by atoms with van der Waals surface area (Å²) in [6, 6.07) is 17.0. The zero-order valence-electron chi connectivity index (χ0n) is 35.4. The molecule has 0 radical (unpaired) electrons. The molecule has 12 rings (SSSR count). The summed E-state index contributed by atoms with van der Waals surface area (Å²) >= 11 is 6.63. The van der Waals surface area contributed by atoms with Crippen LogP contribution >= 0.6 is 11.6 Å². The highest BCUT2D eigenvalue weighted by Gasteiger charge is 2.57. The van der Waals surface area contributed by atoms with Gasteiger partial charge in [0.1, 0.15) is 11.6 Å². The summed E-state index contributed by atoms with van der Waals surface area (Å²) in [5.74, 6) is 2.35. The summed E-state index contributed by atoms with van der Waals surface area (Å²) < 4.78 is 19.8. The molecule has 6 fully saturated rings. The molecule has 3 aromatic carbocycles. The van der Waals surface area contributed by atoms with Gasteiger partial charge in [0.2, 0.25) is 11.8 Å². The quantitative estimate of drug-likeness (QED) is 0.179. The highest BCUT2D eigenvalue weighted by atomic mass is 35.5. The van der Waals surface area contributed by atoms with Crippen LogP contribution in [-0.4, -0.2) is 92.8 Å². The number of imide groups is 1. The molecule has 2 saturated carbocycles. The van der Waals surface area contributed by atoms with Crippen LogP contribution in [0, 0.1) is 23.6 Å². The lowest BCUT2D eigenvalue weighted by Crippen LogP contribution is -2.45. The van der Waals surface area contributed by atoms with Gasteiger partial charge in [-0.25, -0.2) is 4.39 Å². The molecule has 2 aromatic heterocycles. The fourth-order valence-electron chi connectivity index (χ4n) is 13.2. The first-order chi connectivity index (χ1) is 30.1. The Balaban J connectivity index is 0.662. The van der Waals surface area contributed by atoms with E-state index < -0.39 is 5.92 Å². The van der Waals surface area contributed by atoms with Gasteiger partial charge in [-0.15, -0.1) is 0 Å². The SMILES string of the molecule is Cn1nc(C2CCC(=O)NC2=O)c2cc(F)c(N3CCC(N4C[C@@H]5C(CN6CCC(c7ccc8c(c7)-n7c(nc(=O)c9c(Cl)cccc97)C87CCCCC7)CC6)[C@@H]5C4)CC3)cc21. The van der Waals surface area contributed by atoms with Crippen molar-refractivity contribution in [3.8, 4) is 5.69 Å². The molecule has 322 valence electrons. The number of piperidine rings is 4. The van der Waals surface area contributed by atoms with Crippen molar-refractivity contribution in [2.75, 3.05) is 50.7 Å². The first kappa shape index (κ1) is 39.0. The van der Waals surface area contributed by atoms with Crippen molar-refractivity contribution in [1.29, 1.82) is 0 Å². The maximum atomic E-state index is 15.8. The highest BCUT2D eigenvalue weighted by molar-refractivity contribution is 6.35. The number of carbonyl (C=O) groups is 2. The van der Waals surface area contributed by atoms with Gasteiger partial charge in [-0.05, 0) is 123 Å². The van der Waals surface area contributed by atoms with Crippen molar-refractivity contribution >= 4 is 50.9 Å². The number of amides is 2. The first-order valence-electron chi connectivity index (χ1n) is 23.2. The molecule has 1 N–H and O–H groups in total. The number of fused-ring (bicyclic) bond motifs is 9. The number of nitrogens with zero attached hydrogens (tertiary/aromatic N) is 7. The second-order valence-electron chi connectivity index (χ2n) is 19.7. The predicted octanol–water partition coefficient (Wildman–Crippen LogP) is 7.17. The number of carbonyl (C=O) groups excluding carboxylic acids is 2. The van der Waals surface area contributed by atoms with Gasteiger partial charge < -0.3 is 9.80 Å². The topological polar surface area (TPSA) is 109 Å². The first-order valence-corrected chi connectivity index (χ1v) is 23.6. The van der Waals surface area contributed by atoms with E-state index in [2.05, 4.69) is 47.9 Å². The summed E-state index contributed by atoms with van der Waals surface area (Å²) in [4.78, 5) is 50.2. The van der Waals surface area contributed by atoms with E-state index >= 15 is 4.39 Å². The Morgan fingerprint density at radius 3 is 2.40 bits per heavy atom. The smallest absolute Gasteiger partial charge is 0.282 e. The van der Waals surface area contributed by atoms with Crippen LogP contribution in [0.2, 0.25) is 5.02 Å². The Kier molecular flexibility index (Phi) is 9.25. The fourth-order valence-corrected chi connectivity index (χ4v) is 13.4. The van der Waals surface area contributed by atoms with E-state index in [1.54, 1.807) is 16.8 Å². The zero-order chi connectivity index (χ0) is 42.0. The highest BCUT2D eigenvalue weighted by Crippen LogP contribution is 2.54. The minimum atomic E-state index is -0.553. The summed E-state index contributed by atoms with van der Waals surface area (Å²) in [7, 11) is 1.84. The monoisotopic (exact) mass is 856 g/mol. The molecule has 5 aromatic rings. The maximum absolute atomic E-state index is 15.8. The van der Waals surface area contributed by atoms with Crippen LogP contribution in [0.15, 0.2) is 53.3 Å². The van der Waals surface area contributed by atoms with Crippen LogP contribution in [0.3, 0.4) is 0 Å². The number of likely N-dealkylation sites (tertiary alicyclic amines) is 2. The summed E-state index contributed by atoms with van der Waals surface area (Å²) in [5.41, 5.74) is 6.34. The fraction of sp³-hybridized carbons (Fsp3) is 0.531. The molecule has 4 atom stereocenters. The van der Waals surface area contributed by atoms with E-state index in [-0.39, 0.29) is 35.0 Å². The van der Waals surface area contributed by atoms with E-state index in [0.717, 1.165) is 112 Å². The lowest BCUT2D eigenvalue weighted by Gasteiger charge is -2.39. The molecule has 1 spiro atoms. The molecule has 2 aliphatic carbocycles. The molecule has 2 amide bonds.